The summed E-state index contributed by atoms with van der Waals surface area (Å²) in [5, 5.41) is 5.79. The molecule has 0 aromatic heterocycles. The fourth-order valence-corrected chi connectivity index (χ4v) is 3.07. The summed E-state index contributed by atoms with van der Waals surface area (Å²) in [4.78, 5) is 26.0. The van der Waals surface area contributed by atoms with E-state index in [0.29, 0.717) is 28.3 Å². The van der Waals surface area contributed by atoms with Gasteiger partial charge in [-0.05, 0) is 36.8 Å². The highest BCUT2D eigenvalue weighted by Gasteiger charge is 2.27. The minimum absolute atomic E-state index is 0.349. The Balaban J connectivity index is 1.91. The van der Waals surface area contributed by atoms with Gasteiger partial charge in [-0.15, -0.1) is 0 Å². The number of amides is 1. The summed E-state index contributed by atoms with van der Waals surface area (Å²) in [6.07, 6.45) is -1.13. The average Bonchev–Trinajstić information content (AvgIpc) is 2.78. The zero-order valence-corrected chi connectivity index (χ0v) is 17.1. The third kappa shape index (κ3) is 4.78. The van der Waals surface area contributed by atoms with Gasteiger partial charge in [-0.1, -0.05) is 48.5 Å². The maximum atomic E-state index is 13.2. The van der Waals surface area contributed by atoms with Crippen molar-refractivity contribution in [2.24, 2.45) is 0 Å². The standard InChI is InChI=1S/C24H24N2O4/c1-16-13-14-21(29-3)20(15-16)26-23(27)22(17-9-5-4-6-10-17)30-24(28)18-11-7-8-12-19(18)25-2/h4-15,22,25H,1-3H3,(H,26,27). The van der Waals surface area contributed by atoms with Crippen molar-refractivity contribution >= 4 is 23.3 Å². The molecule has 3 aromatic rings. The minimum atomic E-state index is -1.13. The molecule has 0 heterocycles. The molecule has 0 aliphatic rings. The van der Waals surface area contributed by atoms with Crippen LogP contribution in [0.2, 0.25) is 0 Å². The predicted molar refractivity (Wildman–Crippen MR) is 117 cm³/mol. The van der Waals surface area contributed by atoms with Gasteiger partial charge in [0.25, 0.3) is 5.91 Å². The number of para-hydroxylation sites is 1. The van der Waals surface area contributed by atoms with Crippen LogP contribution < -0.4 is 15.4 Å². The highest BCUT2D eigenvalue weighted by molar-refractivity contribution is 6.00. The number of methoxy groups -OCH3 is 1. The number of ether oxygens (including phenoxy) is 2. The van der Waals surface area contributed by atoms with Crippen LogP contribution in [0.5, 0.6) is 5.75 Å². The van der Waals surface area contributed by atoms with Crippen LogP contribution in [0.15, 0.2) is 72.8 Å². The second-order valence-electron chi connectivity index (χ2n) is 6.68. The lowest BCUT2D eigenvalue weighted by atomic mass is 10.1. The summed E-state index contributed by atoms with van der Waals surface area (Å²) in [6.45, 7) is 1.92. The fourth-order valence-electron chi connectivity index (χ4n) is 3.07. The molecule has 1 atom stereocenters. The predicted octanol–water partition coefficient (Wildman–Crippen LogP) is 4.58. The molecule has 6 heteroatoms. The summed E-state index contributed by atoms with van der Waals surface area (Å²) in [6, 6.07) is 21.3. The molecule has 0 aliphatic carbocycles. The molecule has 0 fully saturated rings. The Morgan fingerprint density at radius 3 is 2.30 bits per heavy atom. The number of anilines is 2. The third-order valence-electron chi connectivity index (χ3n) is 4.59. The monoisotopic (exact) mass is 404 g/mol. The molecular weight excluding hydrogens is 380 g/mol. The summed E-state index contributed by atoms with van der Waals surface area (Å²) in [5.74, 6) is -0.548. The highest BCUT2D eigenvalue weighted by atomic mass is 16.5. The van der Waals surface area contributed by atoms with E-state index in [1.165, 1.54) is 7.11 Å². The van der Waals surface area contributed by atoms with Gasteiger partial charge in [0, 0.05) is 18.3 Å². The van der Waals surface area contributed by atoms with Crippen LogP contribution in [0.1, 0.15) is 27.6 Å². The van der Waals surface area contributed by atoms with E-state index in [1.807, 2.05) is 25.1 Å². The van der Waals surface area contributed by atoms with Crippen LogP contribution >= 0.6 is 0 Å². The summed E-state index contributed by atoms with van der Waals surface area (Å²) < 4.78 is 11.0. The molecule has 3 rings (SSSR count). The normalized spacial score (nSPS) is 11.3. The first-order valence-corrected chi connectivity index (χ1v) is 9.51. The molecule has 0 saturated heterocycles. The van der Waals surface area contributed by atoms with Crippen LogP contribution in [-0.4, -0.2) is 26.0 Å². The van der Waals surface area contributed by atoms with Crippen LogP contribution in [0.25, 0.3) is 0 Å². The Bertz CT molecular complexity index is 1030. The lowest BCUT2D eigenvalue weighted by Crippen LogP contribution is -2.26. The first-order chi connectivity index (χ1) is 14.5. The molecule has 0 aliphatic heterocycles. The number of esters is 1. The third-order valence-corrected chi connectivity index (χ3v) is 4.59. The Kier molecular flexibility index (Phi) is 6.70. The molecule has 154 valence electrons. The van der Waals surface area contributed by atoms with Crippen molar-refractivity contribution in [2.45, 2.75) is 13.0 Å². The van der Waals surface area contributed by atoms with E-state index in [9.17, 15) is 9.59 Å². The van der Waals surface area contributed by atoms with Crippen molar-refractivity contribution in [2.75, 3.05) is 24.8 Å². The summed E-state index contributed by atoms with van der Waals surface area (Å²) in [7, 11) is 3.25. The van der Waals surface area contributed by atoms with Gasteiger partial charge in [-0.25, -0.2) is 4.79 Å². The molecule has 6 nitrogen and oxygen atoms in total. The Morgan fingerprint density at radius 2 is 1.60 bits per heavy atom. The Morgan fingerprint density at radius 1 is 0.900 bits per heavy atom. The van der Waals surface area contributed by atoms with Crippen LogP contribution in [0, 0.1) is 6.92 Å². The van der Waals surface area contributed by atoms with Gasteiger partial charge in [0.1, 0.15) is 5.75 Å². The van der Waals surface area contributed by atoms with Gasteiger partial charge >= 0.3 is 5.97 Å². The zero-order valence-electron chi connectivity index (χ0n) is 17.1. The van der Waals surface area contributed by atoms with Crippen molar-refractivity contribution in [1.29, 1.82) is 0 Å². The zero-order chi connectivity index (χ0) is 21.5. The second kappa shape index (κ2) is 9.60. The largest absolute Gasteiger partial charge is 0.495 e. The molecule has 3 aromatic carbocycles. The number of benzene rings is 3. The first-order valence-electron chi connectivity index (χ1n) is 9.51. The number of rotatable bonds is 7. The van der Waals surface area contributed by atoms with Gasteiger partial charge < -0.3 is 20.1 Å². The van der Waals surface area contributed by atoms with E-state index in [4.69, 9.17) is 9.47 Å². The van der Waals surface area contributed by atoms with Crippen LogP contribution in [0.4, 0.5) is 11.4 Å². The Hall–Kier alpha value is -3.80. The minimum Gasteiger partial charge on any atom is -0.495 e. The number of nitrogens with one attached hydrogen (secondary N) is 2. The number of hydrogen-bond acceptors (Lipinski definition) is 5. The van der Waals surface area contributed by atoms with E-state index < -0.39 is 18.0 Å². The average molecular weight is 404 g/mol. The van der Waals surface area contributed by atoms with Crippen molar-refractivity contribution in [1.82, 2.24) is 0 Å². The highest BCUT2D eigenvalue weighted by Crippen LogP contribution is 2.28. The molecule has 2 N–H and O–H groups in total. The van der Waals surface area contributed by atoms with Gasteiger partial charge in [-0.3, -0.25) is 4.79 Å². The molecule has 0 spiro atoms. The van der Waals surface area contributed by atoms with Crippen molar-refractivity contribution in [3.8, 4) is 5.75 Å². The Labute approximate surface area is 175 Å². The van der Waals surface area contributed by atoms with E-state index in [2.05, 4.69) is 10.6 Å². The number of carbonyl (C=O) groups is 2. The van der Waals surface area contributed by atoms with Gasteiger partial charge in [0.15, 0.2) is 0 Å². The van der Waals surface area contributed by atoms with Gasteiger partial charge in [0.05, 0.1) is 18.4 Å². The van der Waals surface area contributed by atoms with E-state index in [1.54, 1.807) is 61.6 Å². The number of carbonyl (C=O) groups excluding carboxylic acids is 2. The molecule has 0 bridgehead atoms. The second-order valence-corrected chi connectivity index (χ2v) is 6.68. The van der Waals surface area contributed by atoms with E-state index in [0.717, 1.165) is 5.56 Å². The quantitative estimate of drug-likeness (QED) is 0.564. The van der Waals surface area contributed by atoms with E-state index >= 15 is 0 Å². The molecule has 0 saturated carbocycles. The van der Waals surface area contributed by atoms with Crippen molar-refractivity contribution in [3.63, 3.8) is 0 Å². The SMILES string of the molecule is CNc1ccccc1C(=O)OC(C(=O)Nc1cc(C)ccc1OC)c1ccccc1. The van der Waals surface area contributed by atoms with Gasteiger partial charge in [-0.2, -0.15) is 0 Å². The topological polar surface area (TPSA) is 76.7 Å². The smallest absolute Gasteiger partial charge is 0.341 e. The maximum absolute atomic E-state index is 13.2. The number of hydrogen-bond donors (Lipinski definition) is 2. The molecule has 1 unspecified atom stereocenters. The summed E-state index contributed by atoms with van der Waals surface area (Å²) >= 11 is 0. The number of aryl methyl sites for hydroxylation is 1. The van der Waals surface area contributed by atoms with Gasteiger partial charge in [0.2, 0.25) is 6.10 Å². The maximum Gasteiger partial charge on any atom is 0.341 e. The summed E-state index contributed by atoms with van der Waals surface area (Å²) in [5.41, 5.74) is 3.01. The molecule has 0 radical (unpaired) electrons. The van der Waals surface area contributed by atoms with Crippen LogP contribution in [-0.2, 0) is 9.53 Å². The fraction of sp³-hybridized carbons (Fsp3) is 0.167. The van der Waals surface area contributed by atoms with Crippen molar-refractivity contribution < 1.29 is 19.1 Å². The van der Waals surface area contributed by atoms with E-state index in [-0.39, 0.29) is 0 Å². The molecule has 30 heavy (non-hydrogen) atoms. The molecular formula is C24H24N2O4. The molecule has 1 amide bonds. The lowest BCUT2D eigenvalue weighted by Gasteiger charge is -2.20. The van der Waals surface area contributed by atoms with Crippen LogP contribution in [0.3, 0.4) is 0 Å². The van der Waals surface area contributed by atoms with Crippen molar-refractivity contribution in [3.05, 3.63) is 89.5 Å². The lowest BCUT2D eigenvalue weighted by molar-refractivity contribution is -0.125. The first kappa shape index (κ1) is 20.9.